The van der Waals surface area contributed by atoms with Crippen molar-refractivity contribution in [2.75, 3.05) is 16.4 Å². The zero-order valence-corrected chi connectivity index (χ0v) is 24.1. The highest BCUT2D eigenvalue weighted by molar-refractivity contribution is 9.10. The molecule has 208 valence electrons. The standard InChI is InChI=1S/C30H22BrClN2O7/c1-3-41-28(39)23-16(2)33(20-14-12-19(32)13-15-20)29(40)30(23)24(25(36)17-8-10-18(31)11-9-17)26(37)27(38)34(30)21-6-4-5-7-22(21)35/h4-15,35-36H,3H2,1-2H3/b25-24-. The maximum atomic E-state index is 14.8. The lowest BCUT2D eigenvalue weighted by Crippen LogP contribution is -2.57. The third-order valence-corrected chi connectivity index (χ3v) is 7.72. The summed E-state index contributed by atoms with van der Waals surface area (Å²) in [4.78, 5) is 58.1. The van der Waals surface area contributed by atoms with Crippen LogP contribution in [0.4, 0.5) is 11.4 Å². The van der Waals surface area contributed by atoms with E-state index < -0.39 is 46.2 Å². The van der Waals surface area contributed by atoms with Crippen molar-refractivity contribution in [3.05, 3.63) is 105 Å². The number of amides is 2. The summed E-state index contributed by atoms with van der Waals surface area (Å²) in [5.41, 5.74) is -3.30. The van der Waals surface area contributed by atoms with Crippen molar-refractivity contribution >= 4 is 68.2 Å². The summed E-state index contributed by atoms with van der Waals surface area (Å²) in [6.07, 6.45) is 0. The molecule has 0 aliphatic carbocycles. The summed E-state index contributed by atoms with van der Waals surface area (Å²) in [7, 11) is 0. The highest BCUT2D eigenvalue weighted by Crippen LogP contribution is 2.53. The average Bonchev–Trinajstić information content (AvgIpc) is 3.30. The Labute approximate surface area is 248 Å². The number of Topliss-reactive ketones (excluding diaryl/α,β-unsaturated/α-hetero) is 1. The number of hydrogen-bond acceptors (Lipinski definition) is 7. The van der Waals surface area contributed by atoms with Crippen molar-refractivity contribution in [3.8, 4) is 5.75 Å². The van der Waals surface area contributed by atoms with Gasteiger partial charge in [0.05, 0.1) is 23.4 Å². The van der Waals surface area contributed by atoms with Gasteiger partial charge in [-0.15, -0.1) is 0 Å². The zero-order valence-electron chi connectivity index (χ0n) is 21.7. The molecule has 3 aromatic carbocycles. The number of rotatable bonds is 5. The van der Waals surface area contributed by atoms with Crippen LogP contribution in [0.3, 0.4) is 0 Å². The first-order chi connectivity index (χ1) is 19.5. The third kappa shape index (κ3) is 4.22. The average molecular weight is 638 g/mol. The Balaban J connectivity index is 1.93. The molecule has 2 aliphatic rings. The van der Waals surface area contributed by atoms with Gasteiger partial charge in [-0.25, -0.2) is 4.79 Å². The highest BCUT2D eigenvalue weighted by Gasteiger charge is 2.70. The molecule has 2 amide bonds. The number of allylic oxidation sites excluding steroid dienone is 1. The minimum absolute atomic E-state index is 0.0554. The molecular weight excluding hydrogens is 616 g/mol. The van der Waals surface area contributed by atoms with Crippen LogP contribution in [0.15, 0.2) is 94.1 Å². The Morgan fingerprint density at radius 1 is 1.00 bits per heavy atom. The number of anilines is 2. The maximum Gasteiger partial charge on any atom is 0.339 e. The van der Waals surface area contributed by atoms with E-state index in [1.165, 1.54) is 67.6 Å². The quantitative estimate of drug-likeness (QED) is 0.168. The molecule has 3 aromatic rings. The molecule has 0 radical (unpaired) electrons. The van der Waals surface area contributed by atoms with Gasteiger partial charge in [0.15, 0.2) is 5.54 Å². The minimum atomic E-state index is -2.53. The predicted molar refractivity (Wildman–Crippen MR) is 155 cm³/mol. The molecule has 0 bridgehead atoms. The van der Waals surface area contributed by atoms with Crippen LogP contribution in [-0.2, 0) is 23.9 Å². The number of nitrogens with zero attached hydrogens (tertiary/aromatic N) is 2. The van der Waals surface area contributed by atoms with Gasteiger partial charge in [-0.05, 0) is 62.4 Å². The fraction of sp³-hybridized carbons (Fsp3) is 0.133. The predicted octanol–water partition coefficient (Wildman–Crippen LogP) is 5.32. The van der Waals surface area contributed by atoms with Crippen molar-refractivity contribution in [1.82, 2.24) is 0 Å². The third-order valence-electron chi connectivity index (χ3n) is 6.93. The van der Waals surface area contributed by atoms with Crippen molar-refractivity contribution in [2.24, 2.45) is 0 Å². The van der Waals surface area contributed by atoms with Crippen molar-refractivity contribution in [3.63, 3.8) is 0 Å². The van der Waals surface area contributed by atoms with Crippen molar-refractivity contribution in [2.45, 2.75) is 19.4 Å². The van der Waals surface area contributed by atoms with Gasteiger partial charge in [0.25, 0.3) is 11.7 Å². The highest BCUT2D eigenvalue weighted by atomic mass is 79.9. The second-order valence-electron chi connectivity index (χ2n) is 9.20. The van der Waals surface area contributed by atoms with Crippen LogP contribution in [0.5, 0.6) is 5.75 Å². The SMILES string of the molecule is CCOC(=O)C1=C(C)N(c2ccc(Cl)cc2)C(=O)C12/C(=C(\O)c1ccc(Br)cc1)C(=O)C(=O)N2c1ccccc1O. The lowest BCUT2D eigenvalue weighted by atomic mass is 9.80. The number of phenolic OH excluding ortho intramolecular Hbond substituents is 1. The number of para-hydroxylation sites is 2. The number of halogens is 2. The van der Waals surface area contributed by atoms with Crippen LogP contribution in [0, 0.1) is 0 Å². The second-order valence-corrected chi connectivity index (χ2v) is 10.5. The van der Waals surface area contributed by atoms with E-state index in [-0.39, 0.29) is 34.8 Å². The molecule has 2 aliphatic heterocycles. The van der Waals surface area contributed by atoms with Crippen LogP contribution in [0.1, 0.15) is 19.4 Å². The first-order valence-corrected chi connectivity index (χ1v) is 13.6. The summed E-state index contributed by atoms with van der Waals surface area (Å²) >= 11 is 9.39. The van der Waals surface area contributed by atoms with Gasteiger partial charge in [0, 0.05) is 26.4 Å². The Kier molecular flexibility index (Phi) is 7.23. The van der Waals surface area contributed by atoms with E-state index in [1.807, 2.05) is 0 Å². The molecular formula is C30H22BrClN2O7. The van der Waals surface area contributed by atoms with Gasteiger partial charge in [-0.3, -0.25) is 24.2 Å². The monoisotopic (exact) mass is 636 g/mol. The Morgan fingerprint density at radius 2 is 1.63 bits per heavy atom. The second kappa shape index (κ2) is 10.5. The lowest BCUT2D eigenvalue weighted by molar-refractivity contribution is -0.140. The molecule has 1 fully saturated rings. The van der Waals surface area contributed by atoms with Gasteiger partial charge in [0.2, 0.25) is 0 Å². The largest absolute Gasteiger partial charge is 0.507 e. The first kappa shape index (κ1) is 28.1. The molecule has 5 rings (SSSR count). The molecule has 1 spiro atoms. The Morgan fingerprint density at radius 3 is 2.24 bits per heavy atom. The number of aliphatic hydroxyl groups excluding tert-OH is 1. The van der Waals surface area contributed by atoms with Crippen LogP contribution < -0.4 is 9.80 Å². The summed E-state index contributed by atoms with van der Waals surface area (Å²) < 4.78 is 6.02. The summed E-state index contributed by atoms with van der Waals surface area (Å²) in [5.74, 6) is -5.48. The minimum Gasteiger partial charge on any atom is -0.507 e. The molecule has 1 saturated heterocycles. The summed E-state index contributed by atoms with van der Waals surface area (Å²) in [6.45, 7) is 2.95. The van der Waals surface area contributed by atoms with Gasteiger partial charge in [0.1, 0.15) is 11.5 Å². The molecule has 2 heterocycles. The van der Waals surface area contributed by atoms with Gasteiger partial charge >= 0.3 is 11.9 Å². The number of aliphatic hydroxyl groups is 1. The van der Waals surface area contributed by atoms with E-state index >= 15 is 0 Å². The number of carbonyl (C=O) groups is 4. The lowest BCUT2D eigenvalue weighted by Gasteiger charge is -2.35. The zero-order chi connectivity index (χ0) is 29.6. The number of ketones is 1. The summed E-state index contributed by atoms with van der Waals surface area (Å²) in [5, 5.41) is 22.8. The van der Waals surface area contributed by atoms with E-state index in [0.29, 0.717) is 9.50 Å². The number of esters is 1. The van der Waals surface area contributed by atoms with Crippen LogP contribution in [0.2, 0.25) is 5.02 Å². The van der Waals surface area contributed by atoms with E-state index in [4.69, 9.17) is 16.3 Å². The number of phenols is 1. The Hall–Kier alpha value is -4.41. The molecule has 0 aromatic heterocycles. The molecule has 1 atom stereocenters. The van der Waals surface area contributed by atoms with Crippen LogP contribution in [0.25, 0.3) is 5.76 Å². The molecule has 9 nitrogen and oxygen atoms in total. The number of ether oxygens (including phenoxy) is 1. The van der Waals surface area contributed by atoms with E-state index in [0.717, 1.165) is 9.80 Å². The summed E-state index contributed by atoms with van der Waals surface area (Å²) in [6, 6.07) is 17.9. The van der Waals surface area contributed by atoms with E-state index in [2.05, 4.69) is 15.9 Å². The number of hydrogen-bond donors (Lipinski definition) is 2. The van der Waals surface area contributed by atoms with Crippen molar-refractivity contribution < 1.29 is 34.1 Å². The van der Waals surface area contributed by atoms with Crippen LogP contribution in [-0.4, -0.2) is 45.9 Å². The smallest absolute Gasteiger partial charge is 0.339 e. The topological polar surface area (TPSA) is 124 Å². The van der Waals surface area contributed by atoms with E-state index in [9.17, 15) is 29.4 Å². The van der Waals surface area contributed by atoms with Crippen molar-refractivity contribution in [1.29, 1.82) is 0 Å². The molecule has 2 N–H and O–H groups in total. The molecule has 41 heavy (non-hydrogen) atoms. The normalized spacial score (nSPS) is 20.0. The molecule has 11 heteroatoms. The van der Waals surface area contributed by atoms with Gasteiger partial charge in [-0.1, -0.05) is 51.8 Å². The molecule has 1 unspecified atom stereocenters. The van der Waals surface area contributed by atoms with Gasteiger partial charge in [-0.2, -0.15) is 0 Å². The number of benzene rings is 3. The number of carbonyl (C=O) groups excluding carboxylic acids is 4. The maximum absolute atomic E-state index is 14.8. The van der Waals surface area contributed by atoms with Gasteiger partial charge < -0.3 is 14.9 Å². The van der Waals surface area contributed by atoms with Crippen LogP contribution >= 0.6 is 27.5 Å². The Bertz CT molecular complexity index is 1680. The van der Waals surface area contributed by atoms with E-state index in [1.54, 1.807) is 19.1 Å². The fourth-order valence-electron chi connectivity index (χ4n) is 5.24. The first-order valence-electron chi connectivity index (χ1n) is 12.4. The fourth-order valence-corrected chi connectivity index (χ4v) is 5.64. The molecule has 0 saturated carbocycles. The number of aromatic hydroxyl groups is 1.